The fourth-order valence-corrected chi connectivity index (χ4v) is 4.44. The Bertz CT molecular complexity index is 917. The fraction of sp³-hybridized carbons (Fsp3) is 0.471. The Morgan fingerprint density at radius 1 is 1.40 bits per heavy atom. The predicted octanol–water partition coefficient (Wildman–Crippen LogP) is 2.01. The molecule has 1 atom stereocenters. The van der Waals surface area contributed by atoms with Crippen molar-refractivity contribution in [2.24, 2.45) is 0 Å². The number of Topliss-reactive ketones (excluding diaryl/α,β-unsaturated/α-hetero) is 1. The lowest BCUT2D eigenvalue weighted by molar-refractivity contribution is -0.116. The molecule has 1 aliphatic heterocycles. The number of hydrogen-bond acceptors (Lipinski definition) is 7. The molecule has 4 rings (SSSR count). The van der Waals surface area contributed by atoms with Crippen molar-refractivity contribution in [1.29, 1.82) is 0 Å². The highest BCUT2D eigenvalue weighted by atomic mass is 32.1. The van der Waals surface area contributed by atoms with Crippen molar-refractivity contribution in [2.45, 2.75) is 39.2 Å². The fourth-order valence-electron chi connectivity index (χ4n) is 3.40. The quantitative estimate of drug-likeness (QED) is 0.696. The van der Waals surface area contributed by atoms with Crippen LogP contribution in [0.15, 0.2) is 18.6 Å². The second kappa shape index (κ2) is 6.61. The van der Waals surface area contributed by atoms with Crippen LogP contribution in [-0.2, 0) is 17.8 Å². The van der Waals surface area contributed by atoms with Gasteiger partial charge in [0, 0.05) is 35.8 Å². The average molecular weight is 356 g/mol. The number of aromatic nitrogens is 5. The molecular weight excluding hydrogens is 336 g/mol. The first-order valence-electron chi connectivity index (χ1n) is 8.41. The van der Waals surface area contributed by atoms with E-state index in [1.807, 2.05) is 17.6 Å². The molecule has 0 spiro atoms. The van der Waals surface area contributed by atoms with E-state index in [1.165, 1.54) is 10.6 Å². The van der Waals surface area contributed by atoms with Crippen LogP contribution in [-0.4, -0.2) is 48.3 Å². The normalized spacial score (nSPS) is 18.2. The minimum atomic E-state index is 0.159. The van der Waals surface area contributed by atoms with Crippen LogP contribution >= 0.6 is 11.3 Å². The minimum Gasteiger partial charge on any atom is -0.300 e. The highest BCUT2D eigenvalue weighted by Gasteiger charge is 2.27. The third-order valence-corrected chi connectivity index (χ3v) is 5.46. The number of fused-ring (bicyclic) bond motifs is 1. The van der Waals surface area contributed by atoms with Crippen LogP contribution in [0.4, 0.5) is 0 Å². The van der Waals surface area contributed by atoms with Gasteiger partial charge in [0.25, 0.3) is 5.78 Å². The van der Waals surface area contributed by atoms with E-state index in [1.54, 1.807) is 24.6 Å². The Labute approximate surface area is 149 Å². The summed E-state index contributed by atoms with van der Waals surface area (Å²) in [5, 5.41) is 5.24. The summed E-state index contributed by atoms with van der Waals surface area (Å²) < 4.78 is 1.86. The van der Waals surface area contributed by atoms with Crippen LogP contribution in [0.5, 0.6) is 0 Å². The lowest BCUT2D eigenvalue weighted by atomic mass is 10.0. The van der Waals surface area contributed by atoms with E-state index in [9.17, 15) is 4.79 Å². The molecule has 3 aromatic rings. The molecule has 0 bridgehead atoms. The Kier molecular flexibility index (Phi) is 4.30. The first-order chi connectivity index (χ1) is 12.1. The number of thiazole rings is 1. The van der Waals surface area contributed by atoms with E-state index in [-0.39, 0.29) is 5.78 Å². The molecule has 0 amide bonds. The third kappa shape index (κ3) is 3.45. The summed E-state index contributed by atoms with van der Waals surface area (Å²) in [7, 11) is 0. The number of rotatable bonds is 5. The highest BCUT2D eigenvalue weighted by molar-refractivity contribution is 7.11. The molecule has 3 aromatic heterocycles. The Morgan fingerprint density at radius 2 is 2.28 bits per heavy atom. The van der Waals surface area contributed by atoms with Gasteiger partial charge in [-0.1, -0.05) is 0 Å². The second-order valence-corrected chi connectivity index (χ2v) is 7.81. The number of nitrogens with zero attached hydrogens (tertiary/aromatic N) is 6. The smallest absolute Gasteiger partial charge is 0.252 e. The van der Waals surface area contributed by atoms with Crippen molar-refractivity contribution in [3.8, 4) is 0 Å². The van der Waals surface area contributed by atoms with Crippen LogP contribution in [0.25, 0.3) is 5.78 Å². The van der Waals surface area contributed by atoms with Gasteiger partial charge in [0.2, 0.25) is 0 Å². The van der Waals surface area contributed by atoms with Gasteiger partial charge in [0.05, 0.1) is 12.1 Å². The third-order valence-electron chi connectivity index (χ3n) is 4.48. The summed E-state index contributed by atoms with van der Waals surface area (Å²) >= 11 is 1.64. The van der Waals surface area contributed by atoms with Gasteiger partial charge in [0.15, 0.2) is 0 Å². The van der Waals surface area contributed by atoms with Gasteiger partial charge in [-0.05, 0) is 32.9 Å². The summed E-state index contributed by atoms with van der Waals surface area (Å²) in [6.07, 6.45) is 5.00. The van der Waals surface area contributed by atoms with Gasteiger partial charge >= 0.3 is 0 Å². The average Bonchev–Trinajstić information content (AvgIpc) is 3.27. The summed E-state index contributed by atoms with van der Waals surface area (Å²) in [6.45, 7) is 6.52. The van der Waals surface area contributed by atoms with Gasteiger partial charge in [-0.25, -0.2) is 14.5 Å². The minimum absolute atomic E-state index is 0.159. The summed E-state index contributed by atoms with van der Waals surface area (Å²) in [4.78, 5) is 27.9. The van der Waals surface area contributed by atoms with Crippen molar-refractivity contribution < 1.29 is 4.79 Å². The molecule has 1 aliphatic rings. The monoisotopic (exact) mass is 356 g/mol. The van der Waals surface area contributed by atoms with Crippen LogP contribution in [0, 0.1) is 6.92 Å². The number of ketones is 1. The molecule has 4 heterocycles. The van der Waals surface area contributed by atoms with Crippen LogP contribution < -0.4 is 0 Å². The predicted molar refractivity (Wildman–Crippen MR) is 94.7 cm³/mol. The largest absolute Gasteiger partial charge is 0.300 e. The topological polar surface area (TPSA) is 76.3 Å². The van der Waals surface area contributed by atoms with Gasteiger partial charge in [-0.3, -0.25) is 9.69 Å². The van der Waals surface area contributed by atoms with E-state index in [2.05, 4.69) is 31.0 Å². The maximum Gasteiger partial charge on any atom is 0.252 e. The first-order valence-corrected chi connectivity index (χ1v) is 9.23. The number of aryl methyl sites for hydroxylation is 1. The van der Waals surface area contributed by atoms with E-state index in [0.29, 0.717) is 18.1 Å². The Morgan fingerprint density at radius 3 is 3.12 bits per heavy atom. The SMILES string of the molecule is CC(=O)Cc1ncc(CN2CCC(c3cc(C)nc4ncnn34)C2)s1. The summed E-state index contributed by atoms with van der Waals surface area (Å²) in [5.74, 6) is 1.26. The summed E-state index contributed by atoms with van der Waals surface area (Å²) in [5.41, 5.74) is 2.16. The maximum atomic E-state index is 11.2. The summed E-state index contributed by atoms with van der Waals surface area (Å²) in [6, 6.07) is 2.12. The number of hydrogen-bond donors (Lipinski definition) is 0. The molecule has 130 valence electrons. The molecule has 0 saturated carbocycles. The van der Waals surface area contributed by atoms with Crippen molar-refractivity contribution in [3.63, 3.8) is 0 Å². The molecule has 0 radical (unpaired) electrons. The number of carbonyl (C=O) groups excluding carboxylic acids is 1. The lowest BCUT2D eigenvalue weighted by Gasteiger charge is -2.15. The molecule has 8 heteroatoms. The van der Waals surface area contributed by atoms with Crippen molar-refractivity contribution >= 4 is 22.9 Å². The zero-order chi connectivity index (χ0) is 17.4. The highest BCUT2D eigenvalue weighted by Crippen LogP contribution is 2.29. The van der Waals surface area contributed by atoms with Gasteiger partial charge in [-0.15, -0.1) is 11.3 Å². The van der Waals surface area contributed by atoms with Gasteiger partial charge < -0.3 is 0 Å². The van der Waals surface area contributed by atoms with E-state index in [0.717, 1.165) is 36.8 Å². The molecule has 1 unspecified atom stereocenters. The molecule has 7 nitrogen and oxygen atoms in total. The Hall–Kier alpha value is -2.19. The molecule has 0 aliphatic carbocycles. The van der Waals surface area contributed by atoms with Gasteiger partial charge in [0.1, 0.15) is 17.1 Å². The van der Waals surface area contributed by atoms with Crippen LogP contribution in [0.3, 0.4) is 0 Å². The van der Waals surface area contributed by atoms with E-state index in [4.69, 9.17) is 0 Å². The second-order valence-electron chi connectivity index (χ2n) is 6.61. The van der Waals surface area contributed by atoms with Crippen molar-refractivity contribution in [3.05, 3.63) is 39.9 Å². The lowest BCUT2D eigenvalue weighted by Crippen LogP contribution is -2.20. The zero-order valence-corrected chi connectivity index (χ0v) is 15.2. The molecular formula is C17H20N6OS. The zero-order valence-electron chi connectivity index (χ0n) is 14.3. The van der Waals surface area contributed by atoms with Crippen molar-refractivity contribution in [2.75, 3.05) is 13.1 Å². The Balaban J connectivity index is 1.47. The van der Waals surface area contributed by atoms with Crippen LogP contribution in [0.1, 0.15) is 40.5 Å². The maximum absolute atomic E-state index is 11.2. The van der Waals surface area contributed by atoms with E-state index < -0.39 is 0 Å². The number of carbonyl (C=O) groups is 1. The van der Waals surface area contributed by atoms with Crippen molar-refractivity contribution in [1.82, 2.24) is 29.5 Å². The molecule has 1 saturated heterocycles. The molecule has 25 heavy (non-hydrogen) atoms. The van der Waals surface area contributed by atoms with E-state index >= 15 is 0 Å². The standard InChI is InChI=1S/C17H20N6OS/c1-11-5-15(23-17(21-11)19-10-20-23)13-3-4-22(8-13)9-14-7-18-16(25-14)6-12(2)24/h5,7,10,13H,3-4,6,8-9H2,1-2H3. The van der Waals surface area contributed by atoms with Gasteiger partial charge in [-0.2, -0.15) is 10.1 Å². The number of likely N-dealkylation sites (tertiary alicyclic amines) is 1. The van der Waals surface area contributed by atoms with Crippen LogP contribution in [0.2, 0.25) is 0 Å². The molecule has 0 N–H and O–H groups in total. The molecule has 1 fully saturated rings. The molecule has 0 aromatic carbocycles. The first kappa shape index (κ1) is 16.3.